The lowest BCUT2D eigenvalue weighted by molar-refractivity contribution is 0.208. The van der Waals surface area contributed by atoms with Gasteiger partial charge in [0.15, 0.2) is 17.3 Å². The number of hydrogen-bond acceptors (Lipinski definition) is 6. The summed E-state index contributed by atoms with van der Waals surface area (Å²) in [5.74, 6) is 1.64. The molecule has 1 atom stereocenters. The lowest BCUT2D eigenvalue weighted by atomic mass is 10.2. The first-order chi connectivity index (χ1) is 17.9. The zero-order valence-corrected chi connectivity index (χ0v) is 22.7. The number of hydrogen-bond donors (Lipinski definition) is 0. The third kappa shape index (κ3) is 4.99. The minimum atomic E-state index is -0.326. The summed E-state index contributed by atoms with van der Waals surface area (Å²) in [6.07, 6.45) is 2.32. The molecule has 0 fully saturated rings. The monoisotopic (exact) mass is 579 g/mol. The van der Waals surface area contributed by atoms with E-state index in [1.165, 1.54) is 10.9 Å². The number of ether oxygens (including phenoxy) is 2. The molecule has 5 rings (SSSR count). The molecular formula is C28H23BrClN3O4. The lowest BCUT2D eigenvalue weighted by Gasteiger charge is -2.17. The molecular weight excluding hydrogens is 558 g/mol. The molecule has 0 saturated heterocycles. The maximum atomic E-state index is 13.5. The van der Waals surface area contributed by atoms with Crippen LogP contribution in [0, 0.1) is 0 Å². The fraction of sp³-hybridized carbons (Fsp3) is 0.179. The van der Waals surface area contributed by atoms with Crippen molar-refractivity contribution in [2.75, 3.05) is 7.11 Å². The zero-order chi connectivity index (χ0) is 26.1. The molecule has 0 aliphatic rings. The average Bonchev–Trinajstić information content (AvgIpc) is 3.32. The lowest BCUT2D eigenvalue weighted by Crippen LogP contribution is -2.20. The van der Waals surface area contributed by atoms with Gasteiger partial charge in [-0.25, -0.2) is 4.98 Å². The molecule has 0 aliphatic heterocycles. The SMILES string of the molecule is CC[C@@H](C)Oc1c(Cl)cc(C=Nn2c(-c3cc4cc(Br)ccc4o3)nc3ccccc3c2=O)cc1OC. The number of nitrogens with zero attached hydrogens (tertiary/aromatic N) is 3. The largest absolute Gasteiger partial charge is 0.493 e. The molecule has 0 bridgehead atoms. The van der Waals surface area contributed by atoms with Crippen LogP contribution in [-0.4, -0.2) is 29.1 Å². The van der Waals surface area contributed by atoms with Gasteiger partial charge in [0.05, 0.1) is 35.4 Å². The van der Waals surface area contributed by atoms with Crippen LogP contribution in [0.3, 0.4) is 0 Å². The van der Waals surface area contributed by atoms with E-state index in [0.717, 1.165) is 16.3 Å². The topological polar surface area (TPSA) is 78.9 Å². The summed E-state index contributed by atoms with van der Waals surface area (Å²) in [5, 5.41) is 6.20. The number of benzene rings is 3. The third-order valence-corrected chi connectivity index (χ3v) is 6.69. The molecule has 0 spiro atoms. The molecule has 0 N–H and O–H groups in total. The standard InChI is InChI=1S/C28H23BrClN3O4/c1-4-16(2)36-26-21(30)11-17(12-24(26)35-3)15-31-33-27(32-22-8-6-5-7-20(22)28(33)34)25-14-18-13-19(29)9-10-23(18)37-25/h5-16H,4H2,1-3H3/t16-/m1/s1. The van der Waals surface area contributed by atoms with Crippen molar-refractivity contribution in [2.45, 2.75) is 26.4 Å². The first-order valence-corrected chi connectivity index (χ1v) is 12.8. The molecule has 0 radical (unpaired) electrons. The molecule has 9 heteroatoms. The molecule has 0 aliphatic carbocycles. The summed E-state index contributed by atoms with van der Waals surface area (Å²) in [4.78, 5) is 18.2. The molecule has 5 aromatic rings. The Labute approximate surface area is 226 Å². The summed E-state index contributed by atoms with van der Waals surface area (Å²) in [5.41, 5.74) is 1.52. The number of fused-ring (bicyclic) bond motifs is 2. The Hall–Kier alpha value is -3.62. The van der Waals surface area contributed by atoms with E-state index in [1.54, 1.807) is 37.4 Å². The van der Waals surface area contributed by atoms with Crippen LogP contribution < -0.4 is 15.0 Å². The highest BCUT2D eigenvalue weighted by Crippen LogP contribution is 2.37. The van der Waals surface area contributed by atoms with Crippen molar-refractivity contribution in [3.05, 3.63) is 86.1 Å². The van der Waals surface area contributed by atoms with E-state index >= 15 is 0 Å². The van der Waals surface area contributed by atoms with E-state index in [9.17, 15) is 4.79 Å². The van der Waals surface area contributed by atoms with Crippen molar-refractivity contribution in [1.82, 2.24) is 9.66 Å². The van der Waals surface area contributed by atoms with Crippen LogP contribution in [0.4, 0.5) is 0 Å². The second-order valence-electron chi connectivity index (χ2n) is 8.48. The van der Waals surface area contributed by atoms with Gasteiger partial charge in [0, 0.05) is 9.86 Å². The van der Waals surface area contributed by atoms with E-state index in [-0.39, 0.29) is 17.5 Å². The molecule has 2 heterocycles. The molecule has 0 saturated carbocycles. The molecule has 188 valence electrons. The minimum absolute atomic E-state index is 0.0276. The van der Waals surface area contributed by atoms with Crippen LogP contribution in [-0.2, 0) is 0 Å². The number of para-hydroxylation sites is 1. The van der Waals surface area contributed by atoms with Gasteiger partial charge in [0.25, 0.3) is 5.56 Å². The van der Waals surface area contributed by atoms with Gasteiger partial charge >= 0.3 is 0 Å². The van der Waals surface area contributed by atoms with Gasteiger partial charge in [-0.3, -0.25) is 4.79 Å². The predicted octanol–water partition coefficient (Wildman–Crippen LogP) is 7.29. The van der Waals surface area contributed by atoms with Crippen molar-refractivity contribution < 1.29 is 13.9 Å². The second-order valence-corrected chi connectivity index (χ2v) is 9.80. The maximum Gasteiger partial charge on any atom is 0.282 e. The van der Waals surface area contributed by atoms with Crippen molar-refractivity contribution in [3.8, 4) is 23.1 Å². The molecule has 0 amide bonds. The highest BCUT2D eigenvalue weighted by molar-refractivity contribution is 9.10. The van der Waals surface area contributed by atoms with Gasteiger partial charge in [0.2, 0.25) is 5.82 Å². The Balaban J connectivity index is 1.64. The predicted molar refractivity (Wildman–Crippen MR) is 150 cm³/mol. The van der Waals surface area contributed by atoms with Crippen molar-refractivity contribution >= 4 is 55.6 Å². The molecule has 3 aromatic carbocycles. The fourth-order valence-corrected chi connectivity index (χ4v) is 4.49. The summed E-state index contributed by atoms with van der Waals surface area (Å²) in [6, 6.07) is 18.1. The molecule has 7 nitrogen and oxygen atoms in total. The maximum absolute atomic E-state index is 13.5. The number of furan rings is 1. The molecule has 2 aromatic heterocycles. The van der Waals surface area contributed by atoms with Crippen molar-refractivity contribution in [1.29, 1.82) is 0 Å². The fourth-order valence-electron chi connectivity index (χ4n) is 3.85. The number of rotatable bonds is 7. The number of methoxy groups -OCH3 is 1. The van der Waals surface area contributed by atoms with Gasteiger partial charge in [-0.05, 0) is 67.4 Å². The molecule has 37 heavy (non-hydrogen) atoms. The summed E-state index contributed by atoms with van der Waals surface area (Å²) in [7, 11) is 1.55. The Morgan fingerprint density at radius 2 is 2.00 bits per heavy atom. The number of halogens is 2. The summed E-state index contributed by atoms with van der Waals surface area (Å²) < 4.78 is 19.6. The Morgan fingerprint density at radius 3 is 2.78 bits per heavy atom. The van der Waals surface area contributed by atoms with Gasteiger partial charge in [-0.2, -0.15) is 9.78 Å². The van der Waals surface area contributed by atoms with Gasteiger partial charge < -0.3 is 13.9 Å². The highest BCUT2D eigenvalue weighted by Gasteiger charge is 2.18. The van der Waals surface area contributed by atoms with Crippen molar-refractivity contribution in [3.63, 3.8) is 0 Å². The van der Waals surface area contributed by atoms with E-state index < -0.39 is 0 Å². The second kappa shape index (κ2) is 10.4. The normalized spacial score (nSPS) is 12.5. The summed E-state index contributed by atoms with van der Waals surface area (Å²) in [6.45, 7) is 3.99. The third-order valence-electron chi connectivity index (χ3n) is 5.92. The summed E-state index contributed by atoms with van der Waals surface area (Å²) >= 11 is 10.0. The quantitative estimate of drug-likeness (QED) is 0.189. The van der Waals surface area contributed by atoms with Gasteiger partial charge in [-0.15, -0.1) is 0 Å². The Kier molecular flexibility index (Phi) is 7.04. The molecule has 0 unspecified atom stereocenters. The van der Waals surface area contributed by atoms with Crippen LogP contribution in [0.2, 0.25) is 5.02 Å². The van der Waals surface area contributed by atoms with Gasteiger partial charge in [-0.1, -0.05) is 46.6 Å². The van der Waals surface area contributed by atoms with Crippen LogP contribution in [0.1, 0.15) is 25.8 Å². The van der Waals surface area contributed by atoms with E-state index in [1.807, 2.05) is 44.2 Å². The van der Waals surface area contributed by atoms with Crippen molar-refractivity contribution in [2.24, 2.45) is 5.10 Å². The Morgan fingerprint density at radius 1 is 1.19 bits per heavy atom. The van der Waals surface area contributed by atoms with Crippen LogP contribution in [0.5, 0.6) is 11.5 Å². The first-order valence-electron chi connectivity index (χ1n) is 11.7. The minimum Gasteiger partial charge on any atom is -0.493 e. The van der Waals surface area contributed by atoms with Gasteiger partial charge in [0.1, 0.15) is 5.58 Å². The zero-order valence-electron chi connectivity index (χ0n) is 20.4. The van der Waals surface area contributed by atoms with Crippen LogP contribution in [0.15, 0.2) is 79.4 Å². The Bertz CT molecular complexity index is 1710. The smallest absolute Gasteiger partial charge is 0.282 e. The highest BCUT2D eigenvalue weighted by atomic mass is 79.9. The average molecular weight is 581 g/mol. The van der Waals surface area contributed by atoms with E-state index in [2.05, 4.69) is 21.0 Å². The van der Waals surface area contributed by atoms with E-state index in [4.69, 9.17) is 30.5 Å². The number of aromatic nitrogens is 2. The van der Waals surface area contributed by atoms with Crippen LogP contribution in [0.25, 0.3) is 33.5 Å². The van der Waals surface area contributed by atoms with E-state index in [0.29, 0.717) is 44.3 Å². The first kappa shape index (κ1) is 25.0. The van der Waals surface area contributed by atoms with Crippen LogP contribution >= 0.6 is 27.5 Å².